The van der Waals surface area contributed by atoms with Gasteiger partial charge in [0.15, 0.2) is 10.8 Å². The van der Waals surface area contributed by atoms with Crippen molar-refractivity contribution in [3.05, 3.63) is 29.0 Å². The molecule has 0 spiro atoms. The lowest BCUT2D eigenvalue weighted by Crippen LogP contribution is -2.39. The molecule has 2 aromatic heterocycles. The summed E-state index contributed by atoms with van der Waals surface area (Å²) in [6, 6.07) is 1.71. The zero-order chi connectivity index (χ0) is 14.8. The molecule has 2 aromatic rings. The third-order valence-electron chi connectivity index (χ3n) is 2.63. The summed E-state index contributed by atoms with van der Waals surface area (Å²) >= 11 is 1.19. The lowest BCUT2D eigenvalue weighted by molar-refractivity contribution is -0.117. The molecule has 3 rings (SSSR count). The summed E-state index contributed by atoms with van der Waals surface area (Å²) in [7, 11) is 0. The van der Waals surface area contributed by atoms with Crippen LogP contribution in [-0.2, 0) is 4.79 Å². The van der Waals surface area contributed by atoms with Crippen molar-refractivity contribution in [1.82, 2.24) is 25.6 Å². The highest BCUT2D eigenvalue weighted by Gasteiger charge is 2.21. The van der Waals surface area contributed by atoms with Crippen molar-refractivity contribution in [3.63, 3.8) is 0 Å². The molecule has 0 aromatic carbocycles. The highest BCUT2D eigenvalue weighted by atomic mass is 32.1. The van der Waals surface area contributed by atoms with Gasteiger partial charge in [0.2, 0.25) is 11.9 Å². The van der Waals surface area contributed by atoms with Gasteiger partial charge < -0.3 is 0 Å². The highest BCUT2D eigenvalue weighted by molar-refractivity contribution is 7.17. The molecule has 0 fully saturated rings. The van der Waals surface area contributed by atoms with E-state index < -0.39 is 0 Å². The molecule has 2 amide bonds. The van der Waals surface area contributed by atoms with Crippen LogP contribution in [0.5, 0.6) is 0 Å². The van der Waals surface area contributed by atoms with Gasteiger partial charge in [0, 0.05) is 12.4 Å². The number of hydrogen-bond acceptors (Lipinski definition) is 7. The fourth-order valence-corrected chi connectivity index (χ4v) is 2.62. The molecule has 0 unspecified atom stereocenters. The van der Waals surface area contributed by atoms with Crippen molar-refractivity contribution in [3.8, 4) is 10.8 Å². The van der Waals surface area contributed by atoms with E-state index in [9.17, 15) is 9.59 Å². The van der Waals surface area contributed by atoms with Crippen molar-refractivity contribution < 1.29 is 9.59 Å². The van der Waals surface area contributed by atoms with Crippen LogP contribution in [0.25, 0.3) is 10.8 Å². The maximum absolute atomic E-state index is 12.2. The number of guanidine groups is 1. The first kappa shape index (κ1) is 13.3. The molecular formula is C12H10N6O2S. The Morgan fingerprint density at radius 3 is 2.81 bits per heavy atom. The average Bonchev–Trinajstić information content (AvgIpc) is 3.06. The smallest absolute Gasteiger partial charge is 0.269 e. The number of aliphatic imine (C=N–C) groups is 1. The molecule has 8 nitrogen and oxygen atoms in total. The fourth-order valence-electron chi connectivity index (χ4n) is 1.71. The molecule has 0 radical (unpaired) electrons. The number of nitrogens with zero attached hydrogens (tertiary/aromatic N) is 4. The second-order valence-corrected chi connectivity index (χ2v) is 5.17. The molecule has 0 saturated carbocycles. The van der Waals surface area contributed by atoms with Crippen molar-refractivity contribution in [1.29, 1.82) is 0 Å². The number of aromatic nitrogens is 3. The van der Waals surface area contributed by atoms with E-state index in [1.54, 1.807) is 25.4 Å². The van der Waals surface area contributed by atoms with Crippen LogP contribution in [-0.4, -0.2) is 39.3 Å². The number of thiazole rings is 1. The molecule has 0 aliphatic carbocycles. The van der Waals surface area contributed by atoms with Crippen LogP contribution in [0.1, 0.15) is 15.4 Å². The van der Waals surface area contributed by atoms with E-state index in [1.807, 2.05) is 0 Å². The van der Waals surface area contributed by atoms with Gasteiger partial charge in [-0.1, -0.05) is 0 Å². The first-order valence-corrected chi connectivity index (χ1v) is 6.85. The predicted octanol–water partition coefficient (Wildman–Crippen LogP) is 0.124. The first-order chi connectivity index (χ1) is 10.1. The summed E-state index contributed by atoms with van der Waals surface area (Å²) in [6.45, 7) is 1.76. The predicted molar refractivity (Wildman–Crippen MR) is 75.8 cm³/mol. The largest absolute Gasteiger partial charge is 0.295 e. The molecule has 21 heavy (non-hydrogen) atoms. The van der Waals surface area contributed by atoms with Crippen LogP contribution in [0.3, 0.4) is 0 Å². The topological polar surface area (TPSA) is 109 Å². The van der Waals surface area contributed by atoms with Gasteiger partial charge in [-0.15, -0.1) is 11.3 Å². The van der Waals surface area contributed by atoms with Crippen LogP contribution in [0.4, 0.5) is 0 Å². The number of amides is 2. The van der Waals surface area contributed by atoms with E-state index in [0.717, 1.165) is 0 Å². The minimum Gasteiger partial charge on any atom is -0.295 e. The lowest BCUT2D eigenvalue weighted by atomic mass is 10.4. The molecule has 1 aliphatic rings. The molecule has 0 saturated heterocycles. The van der Waals surface area contributed by atoms with Crippen LogP contribution in [0.15, 0.2) is 23.5 Å². The minimum atomic E-state index is -0.367. The Bertz CT molecular complexity index is 739. The minimum absolute atomic E-state index is 0.0282. The number of carbonyl (C=O) groups is 2. The molecule has 0 bridgehead atoms. The van der Waals surface area contributed by atoms with Gasteiger partial charge in [0.1, 0.15) is 11.4 Å². The van der Waals surface area contributed by atoms with E-state index in [-0.39, 0.29) is 24.3 Å². The third kappa shape index (κ3) is 2.77. The molecule has 0 atom stereocenters. The summed E-state index contributed by atoms with van der Waals surface area (Å²) < 4.78 is 0. The van der Waals surface area contributed by atoms with E-state index in [2.05, 4.69) is 30.6 Å². The van der Waals surface area contributed by atoms with Crippen LogP contribution < -0.4 is 10.6 Å². The van der Waals surface area contributed by atoms with Gasteiger partial charge >= 0.3 is 0 Å². The van der Waals surface area contributed by atoms with Gasteiger partial charge in [-0.3, -0.25) is 20.2 Å². The van der Waals surface area contributed by atoms with Crippen molar-refractivity contribution >= 4 is 29.1 Å². The lowest BCUT2D eigenvalue weighted by Gasteiger charge is -2.02. The second-order valence-electron chi connectivity index (χ2n) is 4.17. The van der Waals surface area contributed by atoms with E-state index in [1.165, 1.54) is 11.3 Å². The summed E-state index contributed by atoms with van der Waals surface area (Å²) in [4.78, 5) is 40.0. The Balaban J connectivity index is 1.81. The molecular weight excluding hydrogens is 292 g/mol. The zero-order valence-electron chi connectivity index (χ0n) is 11.0. The Morgan fingerprint density at radius 2 is 2.14 bits per heavy atom. The molecule has 3 heterocycles. The molecule has 106 valence electrons. The van der Waals surface area contributed by atoms with Gasteiger partial charge in [-0.2, -0.15) is 0 Å². The number of carbonyl (C=O) groups excluding carboxylic acids is 2. The number of aryl methyl sites for hydroxylation is 1. The number of rotatable bonds is 2. The quantitative estimate of drug-likeness (QED) is 0.819. The van der Waals surface area contributed by atoms with Crippen LogP contribution in [0, 0.1) is 6.92 Å². The zero-order valence-corrected chi connectivity index (χ0v) is 11.8. The standard InChI is InChI=1S/C12H10N6O2S/c1-6-8(10(20)18-12-15-5-7(19)17-12)21-11(16-6)9-13-3-2-4-14-9/h2-4H,5H2,1H3,(H2,15,17,18,19,20). The third-order valence-corrected chi connectivity index (χ3v) is 3.78. The van der Waals surface area contributed by atoms with Crippen molar-refractivity contribution in [2.24, 2.45) is 4.99 Å². The Labute approximate surface area is 123 Å². The van der Waals surface area contributed by atoms with Gasteiger partial charge in [-0.25, -0.2) is 19.9 Å². The van der Waals surface area contributed by atoms with Crippen LogP contribution in [0.2, 0.25) is 0 Å². The Hall–Kier alpha value is -2.68. The van der Waals surface area contributed by atoms with Crippen molar-refractivity contribution in [2.75, 3.05) is 6.54 Å². The maximum atomic E-state index is 12.2. The average molecular weight is 302 g/mol. The SMILES string of the molecule is Cc1nc(-c2ncccn2)sc1C(=O)NC1=NCC(=O)N1. The Kier molecular flexibility index (Phi) is 3.40. The van der Waals surface area contributed by atoms with Gasteiger partial charge in [-0.05, 0) is 13.0 Å². The molecule has 1 aliphatic heterocycles. The molecule has 9 heteroatoms. The summed E-state index contributed by atoms with van der Waals surface area (Å²) in [6.07, 6.45) is 3.23. The van der Waals surface area contributed by atoms with Crippen molar-refractivity contribution in [2.45, 2.75) is 6.92 Å². The van der Waals surface area contributed by atoms with Gasteiger partial charge in [0.25, 0.3) is 5.91 Å². The Morgan fingerprint density at radius 1 is 1.38 bits per heavy atom. The number of nitrogens with one attached hydrogen (secondary N) is 2. The van der Waals surface area contributed by atoms with Gasteiger partial charge in [0.05, 0.1) is 5.69 Å². The monoisotopic (exact) mass is 302 g/mol. The normalized spacial score (nSPS) is 13.8. The fraction of sp³-hybridized carbons (Fsp3) is 0.167. The van der Waals surface area contributed by atoms with E-state index in [0.29, 0.717) is 21.4 Å². The molecule has 2 N–H and O–H groups in total. The highest BCUT2D eigenvalue weighted by Crippen LogP contribution is 2.24. The number of hydrogen-bond donors (Lipinski definition) is 2. The summed E-state index contributed by atoms with van der Waals surface area (Å²) in [5.41, 5.74) is 0.574. The van der Waals surface area contributed by atoms with E-state index >= 15 is 0 Å². The van der Waals surface area contributed by atoms with Crippen LogP contribution >= 0.6 is 11.3 Å². The first-order valence-electron chi connectivity index (χ1n) is 6.04. The maximum Gasteiger partial charge on any atom is 0.269 e. The summed E-state index contributed by atoms with van der Waals surface area (Å²) in [5, 5.41) is 5.56. The second kappa shape index (κ2) is 5.37. The van der Waals surface area contributed by atoms with E-state index in [4.69, 9.17) is 0 Å². The summed E-state index contributed by atoms with van der Waals surface area (Å²) in [5.74, 6) is 0.0179.